The second-order valence-corrected chi connectivity index (χ2v) is 2.24. The Kier molecular flexibility index (Phi) is 3.14. The highest BCUT2D eigenvalue weighted by Gasteiger charge is 1.87. The number of methoxy groups -OCH3 is 1. The first kappa shape index (κ1) is 8.59. The fraction of sp³-hybridized carbons (Fsp3) is 0.222. The summed E-state index contributed by atoms with van der Waals surface area (Å²) in [6.07, 6.45) is 7.40. The molecule has 0 aliphatic heterocycles. The lowest BCUT2D eigenvalue weighted by Crippen LogP contribution is -1.79. The van der Waals surface area contributed by atoms with E-state index in [1.165, 1.54) is 0 Å². The maximum absolute atomic E-state index is 5.04. The second-order valence-electron chi connectivity index (χ2n) is 2.24. The molecule has 0 aliphatic carbocycles. The van der Waals surface area contributed by atoms with E-state index in [-0.39, 0.29) is 0 Å². The van der Waals surface area contributed by atoms with Crippen molar-refractivity contribution in [3.05, 3.63) is 35.9 Å². The topological polar surface area (TPSA) is 37.9 Å². The van der Waals surface area contributed by atoms with Crippen LogP contribution in [0.2, 0.25) is 0 Å². The van der Waals surface area contributed by atoms with Crippen molar-refractivity contribution in [1.82, 2.24) is 10.2 Å². The molecule has 0 aliphatic rings. The number of ether oxygens (including phenoxy) is 1. The molecule has 1 aromatic rings. The minimum absolute atomic E-state index is 0.838. The largest absolute Gasteiger partial charge is 0.497 e. The summed E-state index contributed by atoms with van der Waals surface area (Å²) in [5.74, 6) is 0.838. The van der Waals surface area contributed by atoms with Crippen molar-refractivity contribution >= 4 is 6.08 Å². The van der Waals surface area contributed by atoms with E-state index in [0.29, 0.717) is 0 Å². The van der Waals surface area contributed by atoms with Crippen molar-refractivity contribution in [2.75, 3.05) is 7.11 Å². The van der Waals surface area contributed by atoms with Gasteiger partial charge >= 0.3 is 0 Å². The highest BCUT2D eigenvalue weighted by atomic mass is 16.5. The zero-order valence-electron chi connectivity index (χ0n) is 7.24. The number of H-pyrrole nitrogens is 1. The van der Waals surface area contributed by atoms with Gasteiger partial charge in [-0.25, -0.2) is 0 Å². The van der Waals surface area contributed by atoms with Crippen LogP contribution < -0.4 is 0 Å². The lowest BCUT2D eigenvalue weighted by molar-refractivity contribution is 0.306. The van der Waals surface area contributed by atoms with E-state index >= 15 is 0 Å². The SMILES string of the molecule is C/C=C(/C=C/c1ccn[nH]1)OC. The molecule has 1 aromatic heterocycles. The molecule has 0 fully saturated rings. The third-order valence-electron chi connectivity index (χ3n) is 1.47. The molecule has 3 heteroatoms. The van der Waals surface area contributed by atoms with E-state index in [9.17, 15) is 0 Å². The molecule has 3 nitrogen and oxygen atoms in total. The van der Waals surface area contributed by atoms with Gasteiger partial charge in [0.2, 0.25) is 0 Å². The van der Waals surface area contributed by atoms with Gasteiger partial charge in [-0.2, -0.15) is 5.10 Å². The Morgan fingerprint density at radius 1 is 1.67 bits per heavy atom. The quantitative estimate of drug-likeness (QED) is 0.548. The van der Waals surface area contributed by atoms with Crippen molar-refractivity contribution in [2.24, 2.45) is 0 Å². The predicted octanol–water partition coefficient (Wildman–Crippen LogP) is 1.97. The molecule has 0 bridgehead atoms. The third kappa shape index (κ3) is 2.27. The second kappa shape index (κ2) is 4.38. The van der Waals surface area contributed by atoms with Crippen LogP contribution in [0.25, 0.3) is 6.08 Å². The number of nitrogens with zero attached hydrogens (tertiary/aromatic N) is 1. The average molecular weight is 164 g/mol. The summed E-state index contributed by atoms with van der Waals surface area (Å²) >= 11 is 0. The van der Waals surface area contributed by atoms with Crippen LogP contribution in [-0.2, 0) is 4.74 Å². The van der Waals surface area contributed by atoms with E-state index in [4.69, 9.17) is 4.74 Å². The zero-order chi connectivity index (χ0) is 8.81. The summed E-state index contributed by atoms with van der Waals surface area (Å²) in [5, 5.41) is 6.64. The van der Waals surface area contributed by atoms with E-state index in [1.54, 1.807) is 13.3 Å². The number of aromatic nitrogens is 2. The molecular formula is C9H12N2O. The van der Waals surface area contributed by atoms with Crippen molar-refractivity contribution < 1.29 is 4.74 Å². The van der Waals surface area contributed by atoms with Gasteiger partial charge in [0, 0.05) is 6.20 Å². The van der Waals surface area contributed by atoms with Crippen LogP contribution in [-0.4, -0.2) is 17.3 Å². The highest BCUT2D eigenvalue weighted by molar-refractivity contribution is 5.47. The van der Waals surface area contributed by atoms with Crippen LogP contribution >= 0.6 is 0 Å². The fourth-order valence-electron chi connectivity index (χ4n) is 0.813. The number of hydrogen-bond donors (Lipinski definition) is 1. The first-order valence-corrected chi connectivity index (χ1v) is 3.74. The van der Waals surface area contributed by atoms with Crippen LogP contribution in [0.4, 0.5) is 0 Å². The van der Waals surface area contributed by atoms with Crippen molar-refractivity contribution in [3.8, 4) is 0 Å². The fourth-order valence-corrected chi connectivity index (χ4v) is 0.813. The van der Waals surface area contributed by atoms with Crippen LogP contribution in [0.5, 0.6) is 0 Å². The molecule has 0 amide bonds. The Morgan fingerprint density at radius 3 is 3.00 bits per heavy atom. The van der Waals surface area contributed by atoms with Crippen LogP contribution in [0.3, 0.4) is 0 Å². The summed E-state index contributed by atoms with van der Waals surface area (Å²) in [6.45, 7) is 1.93. The zero-order valence-corrected chi connectivity index (χ0v) is 7.24. The molecule has 1 rings (SSSR count). The van der Waals surface area contributed by atoms with Crippen LogP contribution in [0.1, 0.15) is 12.6 Å². The summed E-state index contributed by atoms with van der Waals surface area (Å²) in [4.78, 5) is 0. The maximum atomic E-state index is 5.04. The molecule has 0 saturated carbocycles. The van der Waals surface area contributed by atoms with Gasteiger partial charge in [0.1, 0.15) is 5.76 Å². The van der Waals surface area contributed by atoms with Gasteiger partial charge in [0.15, 0.2) is 0 Å². The van der Waals surface area contributed by atoms with Crippen LogP contribution in [0.15, 0.2) is 30.2 Å². The molecule has 1 N–H and O–H groups in total. The predicted molar refractivity (Wildman–Crippen MR) is 48.4 cm³/mol. The monoisotopic (exact) mass is 164 g/mol. The molecule has 0 unspecified atom stereocenters. The number of allylic oxidation sites excluding steroid dienone is 2. The summed E-state index contributed by atoms with van der Waals surface area (Å²) in [7, 11) is 1.65. The van der Waals surface area contributed by atoms with E-state index in [1.807, 2.05) is 31.2 Å². The van der Waals surface area contributed by atoms with E-state index < -0.39 is 0 Å². The Bertz CT molecular complexity index is 273. The number of aromatic amines is 1. The normalized spacial score (nSPS) is 12.3. The number of nitrogens with one attached hydrogen (secondary N) is 1. The molecule has 64 valence electrons. The molecule has 1 heterocycles. The molecular weight excluding hydrogens is 152 g/mol. The van der Waals surface area contributed by atoms with Gasteiger partial charge in [0.05, 0.1) is 12.8 Å². The Hall–Kier alpha value is -1.51. The van der Waals surface area contributed by atoms with Crippen LogP contribution in [0, 0.1) is 0 Å². The minimum Gasteiger partial charge on any atom is -0.497 e. The smallest absolute Gasteiger partial charge is 0.114 e. The first-order valence-electron chi connectivity index (χ1n) is 3.74. The number of hydrogen-bond acceptors (Lipinski definition) is 2. The third-order valence-corrected chi connectivity index (χ3v) is 1.47. The Labute approximate surface area is 71.8 Å². The van der Waals surface area contributed by atoms with Crippen molar-refractivity contribution in [1.29, 1.82) is 0 Å². The van der Waals surface area contributed by atoms with Gasteiger partial charge in [-0.15, -0.1) is 0 Å². The van der Waals surface area contributed by atoms with Gasteiger partial charge in [-0.05, 0) is 31.2 Å². The average Bonchev–Trinajstić information content (AvgIpc) is 2.59. The lowest BCUT2D eigenvalue weighted by Gasteiger charge is -1.96. The van der Waals surface area contributed by atoms with Gasteiger partial charge in [0.25, 0.3) is 0 Å². The molecule has 0 radical (unpaired) electrons. The first-order chi connectivity index (χ1) is 5.86. The van der Waals surface area contributed by atoms with Crippen molar-refractivity contribution in [2.45, 2.75) is 6.92 Å². The molecule has 0 saturated heterocycles. The molecule has 0 aromatic carbocycles. The molecule has 12 heavy (non-hydrogen) atoms. The highest BCUT2D eigenvalue weighted by Crippen LogP contribution is 2.01. The summed E-state index contributed by atoms with van der Waals surface area (Å²) < 4.78 is 5.04. The van der Waals surface area contributed by atoms with Crippen molar-refractivity contribution in [3.63, 3.8) is 0 Å². The van der Waals surface area contributed by atoms with E-state index in [0.717, 1.165) is 11.5 Å². The van der Waals surface area contributed by atoms with Gasteiger partial charge in [-0.1, -0.05) is 0 Å². The minimum atomic E-state index is 0.838. The van der Waals surface area contributed by atoms with Gasteiger partial charge < -0.3 is 4.74 Å². The lowest BCUT2D eigenvalue weighted by atomic mass is 10.3. The number of rotatable bonds is 3. The maximum Gasteiger partial charge on any atom is 0.114 e. The molecule has 0 spiro atoms. The Balaban J connectivity index is 2.62. The summed E-state index contributed by atoms with van der Waals surface area (Å²) in [6, 6.07) is 1.89. The summed E-state index contributed by atoms with van der Waals surface area (Å²) in [5.41, 5.74) is 0.964. The Morgan fingerprint density at radius 2 is 2.50 bits per heavy atom. The van der Waals surface area contributed by atoms with Gasteiger partial charge in [-0.3, -0.25) is 5.10 Å². The van der Waals surface area contributed by atoms with E-state index in [2.05, 4.69) is 10.2 Å². The molecule has 0 atom stereocenters. The standard InChI is InChI=1S/C9H12N2O/c1-3-9(12-2)5-4-8-6-7-10-11-8/h3-7H,1-2H3,(H,10,11)/b5-4+,9-3-.